The predicted molar refractivity (Wildman–Crippen MR) is 73.9 cm³/mol. The first-order valence-corrected chi connectivity index (χ1v) is 6.61. The van der Waals surface area contributed by atoms with Gasteiger partial charge in [0.05, 0.1) is 18.4 Å². The van der Waals surface area contributed by atoms with Crippen molar-refractivity contribution in [3.63, 3.8) is 0 Å². The maximum absolute atomic E-state index is 5.31. The summed E-state index contributed by atoms with van der Waals surface area (Å²) in [6, 6.07) is 4.53. The van der Waals surface area contributed by atoms with Crippen molar-refractivity contribution in [2.75, 3.05) is 25.0 Å². The van der Waals surface area contributed by atoms with Gasteiger partial charge < -0.3 is 5.32 Å². The second-order valence-electron chi connectivity index (χ2n) is 4.27. The number of nitrogens with zero attached hydrogens (tertiary/aromatic N) is 2. The molecule has 0 aromatic carbocycles. The van der Waals surface area contributed by atoms with Crippen LogP contribution in [0.4, 0.5) is 5.69 Å². The number of likely N-dealkylation sites (tertiary alicyclic amines) is 1. The number of rotatable bonds is 3. The maximum Gasteiger partial charge on any atom is 0.106 e. The third kappa shape index (κ3) is 3.72. The fourth-order valence-electron chi connectivity index (χ4n) is 2.06. The molecule has 1 aliphatic heterocycles. The number of piperidine rings is 1. The number of anilines is 1. The minimum absolute atomic E-state index is 0.534. The zero-order valence-corrected chi connectivity index (χ0v) is 11.3. The highest BCUT2D eigenvalue weighted by Crippen LogP contribution is 2.17. The summed E-state index contributed by atoms with van der Waals surface area (Å²) in [4.78, 5) is 6.52. The van der Waals surface area contributed by atoms with E-state index in [0.29, 0.717) is 6.04 Å². The number of aromatic nitrogens is 1. The van der Waals surface area contributed by atoms with Crippen LogP contribution in [0.3, 0.4) is 0 Å². The zero-order chi connectivity index (χ0) is 12.1. The molecule has 1 aromatic heterocycles. The molecular weight excluding hydrogens is 278 g/mol. The molecule has 1 aromatic rings. The quantitative estimate of drug-likeness (QED) is 0.685. The minimum atomic E-state index is 0.534. The fourth-order valence-corrected chi connectivity index (χ4v) is 2.30. The second kappa shape index (κ2) is 6.04. The number of pyridine rings is 1. The summed E-state index contributed by atoms with van der Waals surface area (Å²) < 4.78 is 0.867. The van der Waals surface area contributed by atoms with Gasteiger partial charge in [0.2, 0.25) is 0 Å². The highest BCUT2D eigenvalue weighted by molar-refractivity contribution is 9.10. The molecule has 2 rings (SSSR count). The lowest BCUT2D eigenvalue weighted by Gasteiger charge is -2.31. The number of terminal acetylenes is 1. The Kier molecular flexibility index (Phi) is 4.41. The van der Waals surface area contributed by atoms with E-state index in [1.54, 1.807) is 0 Å². The van der Waals surface area contributed by atoms with Crippen molar-refractivity contribution in [1.82, 2.24) is 9.88 Å². The van der Waals surface area contributed by atoms with Gasteiger partial charge in [-0.05, 0) is 40.9 Å². The molecule has 0 bridgehead atoms. The van der Waals surface area contributed by atoms with Crippen molar-refractivity contribution in [2.45, 2.75) is 18.9 Å². The Morgan fingerprint density at radius 1 is 1.47 bits per heavy atom. The van der Waals surface area contributed by atoms with Gasteiger partial charge in [0.15, 0.2) is 0 Å². The van der Waals surface area contributed by atoms with Crippen LogP contribution < -0.4 is 5.32 Å². The van der Waals surface area contributed by atoms with E-state index in [1.165, 1.54) is 0 Å². The van der Waals surface area contributed by atoms with Gasteiger partial charge in [0.25, 0.3) is 0 Å². The molecule has 0 aliphatic carbocycles. The highest BCUT2D eigenvalue weighted by Gasteiger charge is 2.18. The minimum Gasteiger partial charge on any atom is -0.381 e. The summed E-state index contributed by atoms with van der Waals surface area (Å²) in [5.41, 5.74) is 1.09. The van der Waals surface area contributed by atoms with Gasteiger partial charge >= 0.3 is 0 Å². The van der Waals surface area contributed by atoms with Crippen molar-refractivity contribution >= 4 is 21.6 Å². The molecule has 1 aliphatic rings. The Hall–Kier alpha value is -1.05. The number of hydrogen-bond acceptors (Lipinski definition) is 3. The smallest absolute Gasteiger partial charge is 0.106 e. The lowest BCUT2D eigenvalue weighted by atomic mass is 10.0. The summed E-state index contributed by atoms with van der Waals surface area (Å²) in [5.74, 6) is 2.70. The second-order valence-corrected chi connectivity index (χ2v) is 5.08. The van der Waals surface area contributed by atoms with E-state index in [2.05, 4.69) is 37.1 Å². The van der Waals surface area contributed by atoms with Crippen LogP contribution in [0.2, 0.25) is 0 Å². The van der Waals surface area contributed by atoms with Crippen LogP contribution in [0.1, 0.15) is 12.8 Å². The summed E-state index contributed by atoms with van der Waals surface area (Å²) in [6.07, 6.45) is 9.44. The Bertz CT molecular complexity index is 388. The fraction of sp³-hybridized carbons (Fsp3) is 0.462. The Balaban J connectivity index is 1.82. The van der Waals surface area contributed by atoms with E-state index < -0.39 is 0 Å². The topological polar surface area (TPSA) is 28.2 Å². The molecule has 2 heterocycles. The summed E-state index contributed by atoms with van der Waals surface area (Å²) in [6.45, 7) is 2.92. The summed E-state index contributed by atoms with van der Waals surface area (Å²) in [5, 5.41) is 3.51. The van der Waals surface area contributed by atoms with Gasteiger partial charge in [-0.15, -0.1) is 6.42 Å². The first kappa shape index (κ1) is 12.4. The monoisotopic (exact) mass is 293 g/mol. The Morgan fingerprint density at radius 3 is 2.82 bits per heavy atom. The van der Waals surface area contributed by atoms with Crippen LogP contribution in [0.5, 0.6) is 0 Å². The number of nitrogens with one attached hydrogen (secondary N) is 1. The number of hydrogen-bond donors (Lipinski definition) is 1. The zero-order valence-electron chi connectivity index (χ0n) is 9.69. The highest BCUT2D eigenvalue weighted by atomic mass is 79.9. The van der Waals surface area contributed by atoms with Gasteiger partial charge in [-0.3, -0.25) is 4.90 Å². The molecule has 0 spiro atoms. The van der Waals surface area contributed by atoms with Gasteiger partial charge in [-0.2, -0.15) is 0 Å². The third-order valence-electron chi connectivity index (χ3n) is 3.00. The van der Waals surface area contributed by atoms with Crippen molar-refractivity contribution in [3.8, 4) is 12.3 Å². The average Bonchev–Trinajstić information content (AvgIpc) is 2.35. The summed E-state index contributed by atoms with van der Waals surface area (Å²) in [7, 11) is 0. The largest absolute Gasteiger partial charge is 0.381 e. The summed E-state index contributed by atoms with van der Waals surface area (Å²) >= 11 is 3.33. The normalized spacial score (nSPS) is 17.6. The van der Waals surface area contributed by atoms with Gasteiger partial charge in [0, 0.05) is 19.1 Å². The Morgan fingerprint density at radius 2 is 2.24 bits per heavy atom. The average molecular weight is 294 g/mol. The number of halogens is 1. The Labute approximate surface area is 111 Å². The third-order valence-corrected chi connectivity index (χ3v) is 3.47. The van der Waals surface area contributed by atoms with Crippen LogP contribution in [0, 0.1) is 12.3 Å². The van der Waals surface area contributed by atoms with E-state index in [1.807, 2.05) is 18.3 Å². The molecular formula is C13H16BrN3. The molecule has 0 saturated carbocycles. The predicted octanol–water partition coefficient (Wildman–Crippen LogP) is 2.35. The van der Waals surface area contributed by atoms with Crippen LogP contribution in [-0.2, 0) is 0 Å². The molecule has 1 fully saturated rings. The molecule has 17 heavy (non-hydrogen) atoms. The van der Waals surface area contributed by atoms with Crippen LogP contribution in [-0.4, -0.2) is 35.6 Å². The first-order valence-electron chi connectivity index (χ1n) is 5.82. The molecule has 4 heteroatoms. The lowest BCUT2D eigenvalue weighted by Crippen LogP contribution is -2.39. The van der Waals surface area contributed by atoms with Crippen LogP contribution >= 0.6 is 15.9 Å². The molecule has 3 nitrogen and oxygen atoms in total. The van der Waals surface area contributed by atoms with Crippen molar-refractivity contribution < 1.29 is 0 Å². The SMILES string of the molecule is C#CCN1CCC(Nc2ccc(Br)nc2)CC1. The van der Waals surface area contributed by atoms with E-state index in [0.717, 1.165) is 42.8 Å². The standard InChI is InChI=1S/C13H16BrN3/c1-2-7-17-8-5-11(6-9-17)16-12-3-4-13(14)15-10-12/h1,3-4,10-11,16H,5-9H2. The molecule has 0 radical (unpaired) electrons. The van der Waals surface area contributed by atoms with E-state index in [-0.39, 0.29) is 0 Å². The van der Waals surface area contributed by atoms with Crippen molar-refractivity contribution in [1.29, 1.82) is 0 Å². The van der Waals surface area contributed by atoms with Gasteiger partial charge in [0.1, 0.15) is 4.60 Å². The molecule has 1 N–H and O–H groups in total. The molecule has 0 atom stereocenters. The van der Waals surface area contributed by atoms with Crippen molar-refractivity contribution in [3.05, 3.63) is 22.9 Å². The van der Waals surface area contributed by atoms with E-state index in [9.17, 15) is 0 Å². The first-order chi connectivity index (χ1) is 8.28. The molecule has 1 saturated heterocycles. The lowest BCUT2D eigenvalue weighted by molar-refractivity contribution is 0.243. The van der Waals surface area contributed by atoms with E-state index in [4.69, 9.17) is 6.42 Å². The van der Waals surface area contributed by atoms with Gasteiger partial charge in [-0.25, -0.2) is 4.98 Å². The van der Waals surface area contributed by atoms with Crippen LogP contribution in [0.25, 0.3) is 0 Å². The van der Waals surface area contributed by atoms with Gasteiger partial charge in [-0.1, -0.05) is 5.92 Å². The van der Waals surface area contributed by atoms with E-state index >= 15 is 0 Å². The maximum atomic E-state index is 5.31. The molecule has 0 amide bonds. The molecule has 90 valence electrons. The molecule has 0 unspecified atom stereocenters. The van der Waals surface area contributed by atoms with Crippen LogP contribution in [0.15, 0.2) is 22.9 Å². The van der Waals surface area contributed by atoms with Crippen molar-refractivity contribution in [2.24, 2.45) is 0 Å².